The Balaban J connectivity index is 1.94. The maximum Gasteiger partial charge on any atom is 0.296 e. The number of nitrogens with two attached hydrogens (primary N) is 1. The number of nitrogens with zero attached hydrogens (tertiary/aromatic N) is 1. The average Bonchev–Trinajstić information content (AvgIpc) is 2.66. The zero-order valence-electron chi connectivity index (χ0n) is 12.0. The molecule has 0 saturated carbocycles. The first kappa shape index (κ1) is 16.2. The molecule has 1 fully saturated rings. The second-order valence-corrected chi connectivity index (χ2v) is 6.79. The molecule has 0 aromatic heterocycles. The maximum atomic E-state index is 10.9. The van der Waals surface area contributed by atoms with E-state index in [9.17, 15) is 13.5 Å². The van der Waals surface area contributed by atoms with E-state index in [0.29, 0.717) is 12.2 Å². The highest BCUT2D eigenvalue weighted by atomic mass is 32.2. The van der Waals surface area contributed by atoms with Crippen molar-refractivity contribution in [3.05, 3.63) is 29.8 Å². The molecule has 118 valence electrons. The van der Waals surface area contributed by atoms with Gasteiger partial charge in [0.1, 0.15) is 0 Å². The number of rotatable bonds is 5. The molecular formula is C14H23N3O3S. The molecule has 1 atom stereocenters. The molecule has 21 heavy (non-hydrogen) atoms. The Labute approximate surface area is 126 Å². The van der Waals surface area contributed by atoms with Gasteiger partial charge in [-0.25, -0.2) is 5.14 Å². The minimum Gasteiger partial charge on any atom is -0.387 e. The predicted molar refractivity (Wildman–Crippen MR) is 83.0 cm³/mol. The lowest BCUT2D eigenvalue weighted by atomic mass is 10.1. The molecule has 2 rings (SSSR count). The lowest BCUT2D eigenvalue weighted by molar-refractivity contribution is 0.115. The number of aliphatic hydroxyl groups is 1. The van der Waals surface area contributed by atoms with Crippen LogP contribution in [0.3, 0.4) is 0 Å². The minimum absolute atomic E-state index is 0.392. The molecule has 0 amide bonds. The highest BCUT2D eigenvalue weighted by molar-refractivity contribution is 7.90. The normalized spacial score (nSPS) is 19.0. The quantitative estimate of drug-likeness (QED) is 0.761. The van der Waals surface area contributed by atoms with Gasteiger partial charge in [0.05, 0.1) is 6.10 Å². The highest BCUT2D eigenvalue weighted by Gasteiger charge is 2.15. The zero-order chi connectivity index (χ0) is 15.3. The summed E-state index contributed by atoms with van der Waals surface area (Å²) in [6.45, 7) is 2.67. The van der Waals surface area contributed by atoms with Crippen molar-refractivity contribution in [1.82, 2.24) is 4.90 Å². The van der Waals surface area contributed by atoms with Gasteiger partial charge in [-0.15, -0.1) is 0 Å². The summed E-state index contributed by atoms with van der Waals surface area (Å²) < 4.78 is 24.0. The Kier molecular flexibility index (Phi) is 5.58. The van der Waals surface area contributed by atoms with Gasteiger partial charge in [0.2, 0.25) is 0 Å². The lowest BCUT2D eigenvalue weighted by Gasteiger charge is -2.23. The summed E-state index contributed by atoms with van der Waals surface area (Å²) in [6, 6.07) is 6.64. The van der Waals surface area contributed by atoms with Crippen molar-refractivity contribution in [2.45, 2.75) is 31.8 Å². The third-order valence-corrected chi connectivity index (χ3v) is 4.21. The van der Waals surface area contributed by atoms with Gasteiger partial charge in [-0.2, -0.15) is 8.42 Å². The third kappa shape index (κ3) is 5.62. The number of hydrogen-bond acceptors (Lipinski definition) is 4. The molecule has 4 N–H and O–H groups in total. The molecule has 0 spiro atoms. The molecule has 1 aromatic rings. The monoisotopic (exact) mass is 313 g/mol. The summed E-state index contributed by atoms with van der Waals surface area (Å²) in [5.41, 5.74) is 1.17. The summed E-state index contributed by atoms with van der Waals surface area (Å²) >= 11 is 0. The number of benzene rings is 1. The number of nitrogens with one attached hydrogen (secondary N) is 1. The van der Waals surface area contributed by atoms with Crippen molar-refractivity contribution in [1.29, 1.82) is 0 Å². The second-order valence-electron chi connectivity index (χ2n) is 5.50. The van der Waals surface area contributed by atoms with Gasteiger partial charge in [-0.3, -0.25) is 4.72 Å². The Hall–Kier alpha value is -1.15. The first-order valence-electron chi connectivity index (χ1n) is 7.25. The van der Waals surface area contributed by atoms with E-state index in [1.807, 2.05) is 0 Å². The van der Waals surface area contributed by atoms with E-state index in [4.69, 9.17) is 5.14 Å². The van der Waals surface area contributed by atoms with E-state index >= 15 is 0 Å². The zero-order valence-corrected chi connectivity index (χ0v) is 12.8. The number of likely N-dealkylation sites (tertiary alicyclic amines) is 1. The summed E-state index contributed by atoms with van der Waals surface area (Å²) in [5.74, 6) is 0. The van der Waals surface area contributed by atoms with Crippen LogP contribution < -0.4 is 9.86 Å². The fourth-order valence-electron chi connectivity index (χ4n) is 2.61. The topological polar surface area (TPSA) is 95.7 Å². The van der Waals surface area contributed by atoms with Crippen LogP contribution in [0.5, 0.6) is 0 Å². The average molecular weight is 313 g/mol. The van der Waals surface area contributed by atoms with Crippen molar-refractivity contribution in [2.75, 3.05) is 24.4 Å². The minimum atomic E-state index is -3.76. The SMILES string of the molecule is NS(=O)(=O)Nc1ccc(C(O)CN2CCCCCC2)cc1. The predicted octanol–water partition coefficient (Wildman–Crippen LogP) is 1.21. The molecule has 0 radical (unpaired) electrons. The van der Waals surface area contributed by atoms with Gasteiger partial charge in [-0.1, -0.05) is 25.0 Å². The van der Waals surface area contributed by atoms with E-state index in [0.717, 1.165) is 18.7 Å². The molecular weight excluding hydrogens is 290 g/mol. The second kappa shape index (κ2) is 7.22. The molecule has 0 aliphatic carbocycles. The van der Waals surface area contributed by atoms with Crippen LogP contribution in [0.25, 0.3) is 0 Å². The molecule has 6 nitrogen and oxygen atoms in total. The van der Waals surface area contributed by atoms with E-state index < -0.39 is 16.3 Å². The van der Waals surface area contributed by atoms with Crippen LogP contribution >= 0.6 is 0 Å². The van der Waals surface area contributed by atoms with Crippen molar-refractivity contribution in [3.8, 4) is 0 Å². The third-order valence-electron chi connectivity index (χ3n) is 3.69. The Morgan fingerprint density at radius 1 is 1.14 bits per heavy atom. The molecule has 0 bridgehead atoms. The Morgan fingerprint density at radius 2 is 1.71 bits per heavy atom. The van der Waals surface area contributed by atoms with E-state index in [2.05, 4.69) is 9.62 Å². The molecule has 1 unspecified atom stereocenters. The number of β-amino-alcohol motifs (C(OH)–C–C–N with tert-alkyl or cyclic N) is 1. The summed E-state index contributed by atoms with van der Waals surface area (Å²) in [7, 11) is -3.76. The maximum absolute atomic E-state index is 10.9. The largest absolute Gasteiger partial charge is 0.387 e. The van der Waals surface area contributed by atoms with Crippen LogP contribution in [0, 0.1) is 0 Å². The van der Waals surface area contributed by atoms with Crippen molar-refractivity contribution in [2.24, 2.45) is 5.14 Å². The van der Waals surface area contributed by atoms with Gasteiger partial charge < -0.3 is 10.0 Å². The summed E-state index contributed by atoms with van der Waals surface area (Å²) in [6.07, 6.45) is 4.33. The molecule has 1 aromatic carbocycles. The van der Waals surface area contributed by atoms with Crippen LogP contribution in [0.4, 0.5) is 5.69 Å². The standard InChI is InChI=1S/C14H23N3O3S/c15-21(19,20)16-13-7-5-12(6-8-13)14(18)11-17-9-3-1-2-4-10-17/h5-8,14,16,18H,1-4,9-11H2,(H2,15,19,20). The Bertz CT molecular complexity index is 537. The smallest absolute Gasteiger partial charge is 0.296 e. The van der Waals surface area contributed by atoms with E-state index in [-0.39, 0.29) is 0 Å². The number of aliphatic hydroxyl groups excluding tert-OH is 1. The first-order valence-corrected chi connectivity index (χ1v) is 8.79. The van der Waals surface area contributed by atoms with Crippen LogP contribution in [0.15, 0.2) is 24.3 Å². The van der Waals surface area contributed by atoms with Crippen molar-refractivity contribution < 1.29 is 13.5 Å². The highest BCUT2D eigenvalue weighted by Crippen LogP contribution is 2.19. The summed E-state index contributed by atoms with van der Waals surface area (Å²) in [4.78, 5) is 2.29. The van der Waals surface area contributed by atoms with Gasteiger partial charge in [0, 0.05) is 12.2 Å². The lowest BCUT2D eigenvalue weighted by Crippen LogP contribution is -2.29. The fourth-order valence-corrected chi connectivity index (χ4v) is 3.07. The first-order chi connectivity index (χ1) is 9.94. The molecule has 1 saturated heterocycles. The molecule has 1 heterocycles. The molecule has 7 heteroatoms. The fraction of sp³-hybridized carbons (Fsp3) is 0.571. The number of hydrogen-bond donors (Lipinski definition) is 3. The van der Waals surface area contributed by atoms with Gasteiger partial charge in [-0.05, 0) is 43.6 Å². The van der Waals surface area contributed by atoms with Crippen LogP contribution in [-0.4, -0.2) is 38.1 Å². The van der Waals surface area contributed by atoms with E-state index in [1.54, 1.807) is 24.3 Å². The van der Waals surface area contributed by atoms with Crippen LogP contribution in [0.2, 0.25) is 0 Å². The van der Waals surface area contributed by atoms with Crippen molar-refractivity contribution >= 4 is 15.9 Å². The van der Waals surface area contributed by atoms with Gasteiger partial charge in [0.15, 0.2) is 0 Å². The Morgan fingerprint density at radius 3 is 2.24 bits per heavy atom. The molecule has 1 aliphatic heterocycles. The summed E-state index contributed by atoms with van der Waals surface area (Å²) in [5, 5.41) is 15.2. The van der Waals surface area contributed by atoms with Gasteiger partial charge in [0.25, 0.3) is 10.2 Å². The number of anilines is 1. The van der Waals surface area contributed by atoms with Gasteiger partial charge >= 0.3 is 0 Å². The van der Waals surface area contributed by atoms with Crippen LogP contribution in [0.1, 0.15) is 37.4 Å². The van der Waals surface area contributed by atoms with Crippen LogP contribution in [-0.2, 0) is 10.2 Å². The van der Waals surface area contributed by atoms with Crippen molar-refractivity contribution in [3.63, 3.8) is 0 Å². The molecule has 1 aliphatic rings. The van der Waals surface area contributed by atoms with E-state index in [1.165, 1.54) is 25.7 Å².